The Hall–Kier alpha value is -1.25. The topological polar surface area (TPSA) is 18.5 Å². The number of thiocarbonyl (C=S) groups is 1. The maximum absolute atomic E-state index is 13.0. The van der Waals surface area contributed by atoms with Gasteiger partial charge in [0.25, 0.3) is 0 Å². The average Bonchev–Trinajstić information content (AvgIpc) is 2.68. The fourth-order valence-electron chi connectivity index (χ4n) is 2.96. The van der Waals surface area contributed by atoms with E-state index in [1.807, 2.05) is 0 Å². The Kier molecular flexibility index (Phi) is 2.67. The first-order valence-corrected chi connectivity index (χ1v) is 5.95. The van der Waals surface area contributed by atoms with Gasteiger partial charge in [-0.25, -0.2) is 0 Å². The van der Waals surface area contributed by atoms with E-state index in [0.717, 1.165) is 12.2 Å². The molecule has 2 bridgehead atoms. The molecule has 0 aromatic rings. The van der Waals surface area contributed by atoms with Crippen molar-refractivity contribution >= 4 is 17.5 Å². The monoisotopic (exact) mass is 316 g/mol. The molecule has 9 heteroatoms. The van der Waals surface area contributed by atoms with Crippen LogP contribution in [0.15, 0.2) is 23.3 Å². The minimum absolute atomic E-state index is 0.413. The molecule has 0 N–H and O–H groups in total. The lowest BCUT2D eigenvalue weighted by Crippen LogP contribution is -2.50. The SMILES string of the molecule is FC(F)(F)C1=C(C(F)(F)F)[C@@H]2C=C[C@H]1C1OC(=S)OC12. The van der Waals surface area contributed by atoms with Crippen molar-refractivity contribution in [3.63, 3.8) is 0 Å². The molecular formula is C11H6F6O2S. The van der Waals surface area contributed by atoms with Crippen molar-refractivity contribution in [3.05, 3.63) is 23.3 Å². The first-order valence-electron chi connectivity index (χ1n) is 5.55. The van der Waals surface area contributed by atoms with Crippen molar-refractivity contribution in [2.45, 2.75) is 24.6 Å². The normalized spacial score (nSPS) is 36.0. The van der Waals surface area contributed by atoms with Crippen LogP contribution < -0.4 is 0 Å². The lowest BCUT2D eigenvalue weighted by atomic mass is 9.67. The second-order valence-corrected chi connectivity index (χ2v) is 5.01. The maximum atomic E-state index is 13.0. The largest absolute Gasteiger partial charge is 0.449 e. The van der Waals surface area contributed by atoms with Gasteiger partial charge in [-0.1, -0.05) is 12.2 Å². The Bertz CT molecular complexity index is 488. The van der Waals surface area contributed by atoms with E-state index in [2.05, 4.69) is 12.2 Å². The van der Waals surface area contributed by atoms with Crippen LogP contribution >= 0.6 is 12.2 Å². The van der Waals surface area contributed by atoms with Crippen molar-refractivity contribution in [2.24, 2.45) is 11.8 Å². The summed E-state index contributed by atoms with van der Waals surface area (Å²) in [7, 11) is 0. The highest BCUT2D eigenvalue weighted by molar-refractivity contribution is 7.79. The molecule has 1 saturated heterocycles. The predicted octanol–water partition coefficient (Wildman–Crippen LogP) is 3.29. The summed E-state index contributed by atoms with van der Waals surface area (Å²) in [6.45, 7) is 0. The van der Waals surface area contributed by atoms with Gasteiger partial charge >= 0.3 is 17.6 Å². The van der Waals surface area contributed by atoms with E-state index in [4.69, 9.17) is 9.47 Å². The first kappa shape index (κ1) is 13.7. The minimum atomic E-state index is -5.09. The van der Waals surface area contributed by atoms with E-state index in [-0.39, 0.29) is 0 Å². The van der Waals surface area contributed by atoms with E-state index < -0.39 is 52.8 Å². The zero-order chi connectivity index (χ0) is 14.9. The lowest BCUT2D eigenvalue weighted by molar-refractivity contribution is -0.137. The number of ether oxygens (including phenoxy) is 2. The van der Waals surface area contributed by atoms with E-state index in [1.54, 1.807) is 0 Å². The van der Waals surface area contributed by atoms with Crippen molar-refractivity contribution in [1.29, 1.82) is 0 Å². The number of hydrogen-bond donors (Lipinski definition) is 0. The van der Waals surface area contributed by atoms with Crippen LogP contribution in [-0.4, -0.2) is 29.8 Å². The van der Waals surface area contributed by atoms with Crippen LogP contribution in [0.4, 0.5) is 26.3 Å². The van der Waals surface area contributed by atoms with E-state index in [0.29, 0.717) is 0 Å². The van der Waals surface area contributed by atoms with Crippen LogP contribution in [0.3, 0.4) is 0 Å². The molecule has 0 aromatic heterocycles. The van der Waals surface area contributed by atoms with Gasteiger partial charge in [-0.15, -0.1) is 0 Å². The van der Waals surface area contributed by atoms with Gasteiger partial charge < -0.3 is 9.47 Å². The molecule has 20 heavy (non-hydrogen) atoms. The van der Waals surface area contributed by atoms with Gasteiger partial charge in [0.15, 0.2) is 12.2 Å². The fourth-order valence-corrected chi connectivity index (χ4v) is 3.18. The molecule has 4 atom stereocenters. The highest BCUT2D eigenvalue weighted by atomic mass is 32.1. The molecule has 4 aliphatic rings. The second kappa shape index (κ2) is 3.90. The summed E-state index contributed by atoms with van der Waals surface area (Å²) in [4.78, 5) is 0. The van der Waals surface area contributed by atoms with Gasteiger partial charge in [0, 0.05) is 24.1 Å². The summed E-state index contributed by atoms with van der Waals surface area (Å²) in [6, 6.07) is 0. The van der Waals surface area contributed by atoms with E-state index in [9.17, 15) is 26.3 Å². The van der Waals surface area contributed by atoms with E-state index in [1.165, 1.54) is 0 Å². The second-order valence-electron chi connectivity index (χ2n) is 4.67. The molecule has 0 saturated carbocycles. The van der Waals surface area contributed by atoms with Gasteiger partial charge in [0.1, 0.15) is 0 Å². The van der Waals surface area contributed by atoms with Crippen LogP contribution in [-0.2, 0) is 9.47 Å². The predicted molar refractivity (Wildman–Crippen MR) is 57.6 cm³/mol. The van der Waals surface area contributed by atoms with Crippen molar-refractivity contribution in [2.75, 3.05) is 0 Å². The Morgan fingerprint density at radius 2 is 1.15 bits per heavy atom. The average molecular weight is 316 g/mol. The maximum Gasteiger partial charge on any atom is 0.413 e. The molecule has 0 amide bonds. The molecule has 2 nitrogen and oxygen atoms in total. The quantitative estimate of drug-likeness (QED) is 0.388. The molecular weight excluding hydrogens is 310 g/mol. The number of hydrogen-bond acceptors (Lipinski definition) is 3. The summed E-state index contributed by atoms with van der Waals surface area (Å²) in [5.41, 5.74) is -3.21. The molecule has 0 aromatic carbocycles. The summed E-state index contributed by atoms with van der Waals surface area (Å²) in [5.74, 6) is -3.11. The van der Waals surface area contributed by atoms with Crippen molar-refractivity contribution in [3.8, 4) is 0 Å². The Labute approximate surface area is 114 Å². The standard InChI is InChI=1S/C11H6F6O2S/c12-10(13,14)5-3-1-2-4(6(5)11(15,16)17)8-7(3)18-9(20)19-8/h1-4,7-8H/t3-,4+,7?,8?. The van der Waals surface area contributed by atoms with Crippen molar-refractivity contribution in [1.82, 2.24) is 0 Å². The molecule has 0 spiro atoms. The molecule has 3 aliphatic carbocycles. The smallest absolute Gasteiger partial charge is 0.413 e. The molecule has 0 radical (unpaired) electrons. The lowest BCUT2D eigenvalue weighted by Gasteiger charge is -2.42. The number of alkyl halides is 6. The van der Waals surface area contributed by atoms with Crippen molar-refractivity contribution < 1.29 is 35.8 Å². The first-order chi connectivity index (χ1) is 9.10. The van der Waals surface area contributed by atoms with Gasteiger partial charge in [-0.3, -0.25) is 0 Å². The Balaban J connectivity index is 2.17. The highest BCUT2D eigenvalue weighted by Gasteiger charge is 2.62. The number of halogens is 6. The molecule has 4 rings (SSSR count). The van der Waals surface area contributed by atoms with Crippen LogP contribution in [0.5, 0.6) is 0 Å². The molecule has 1 aliphatic heterocycles. The molecule has 1 fully saturated rings. The summed E-state index contributed by atoms with van der Waals surface area (Å²) < 4.78 is 88.0. The van der Waals surface area contributed by atoms with Crippen LogP contribution in [0.25, 0.3) is 0 Å². The van der Waals surface area contributed by atoms with E-state index >= 15 is 0 Å². The van der Waals surface area contributed by atoms with Gasteiger partial charge in [-0.05, 0) is 0 Å². The Morgan fingerprint density at radius 3 is 1.45 bits per heavy atom. The number of rotatable bonds is 0. The summed E-state index contributed by atoms with van der Waals surface area (Å²) in [6.07, 6.45) is -10.3. The van der Waals surface area contributed by atoms with Crippen LogP contribution in [0.1, 0.15) is 0 Å². The molecule has 2 unspecified atom stereocenters. The van der Waals surface area contributed by atoms with Crippen LogP contribution in [0.2, 0.25) is 0 Å². The van der Waals surface area contributed by atoms with Crippen LogP contribution in [0, 0.1) is 11.8 Å². The molecule has 110 valence electrons. The Morgan fingerprint density at radius 1 is 0.800 bits per heavy atom. The van der Waals surface area contributed by atoms with Gasteiger partial charge in [0.2, 0.25) is 0 Å². The third-order valence-corrected chi connectivity index (χ3v) is 3.78. The summed E-state index contributed by atoms with van der Waals surface area (Å²) in [5, 5.41) is -0.413. The zero-order valence-corrected chi connectivity index (χ0v) is 10.3. The minimum Gasteiger partial charge on any atom is -0.449 e. The third kappa shape index (κ3) is 1.82. The third-order valence-electron chi connectivity index (χ3n) is 3.59. The summed E-state index contributed by atoms with van der Waals surface area (Å²) >= 11 is 4.58. The molecule has 1 heterocycles. The van der Waals surface area contributed by atoms with Gasteiger partial charge in [0.05, 0.1) is 11.1 Å². The fraction of sp³-hybridized carbons (Fsp3) is 0.545. The highest BCUT2D eigenvalue weighted by Crippen LogP contribution is 2.55. The zero-order valence-electron chi connectivity index (χ0n) is 9.46. The van der Waals surface area contributed by atoms with Gasteiger partial charge in [-0.2, -0.15) is 26.3 Å².